The second-order valence-electron chi connectivity index (χ2n) is 6.99. The molecule has 0 amide bonds. The lowest BCUT2D eigenvalue weighted by Crippen LogP contribution is -2.33. The molecule has 2 aromatic carbocycles. The monoisotopic (exact) mass is 399 g/mol. The molecular weight excluding hydrogens is 378 g/mol. The van der Waals surface area contributed by atoms with Gasteiger partial charge in [-0.15, -0.1) is 0 Å². The van der Waals surface area contributed by atoms with Crippen LogP contribution < -0.4 is 10.4 Å². The van der Waals surface area contributed by atoms with Gasteiger partial charge in [0.15, 0.2) is 0 Å². The molecule has 146 valence electrons. The van der Waals surface area contributed by atoms with Crippen LogP contribution in [0, 0.1) is 6.92 Å². The largest absolute Gasteiger partial charge is 0.478 e. The van der Waals surface area contributed by atoms with Crippen molar-refractivity contribution >= 4 is 22.6 Å². The minimum atomic E-state index is -0.350. The van der Waals surface area contributed by atoms with Crippen LogP contribution in [0.2, 0.25) is 5.02 Å². The van der Waals surface area contributed by atoms with Crippen LogP contribution in [0.4, 0.5) is 0 Å². The number of nitrogens with zero attached hydrogens (tertiary/aromatic N) is 1. The van der Waals surface area contributed by atoms with Crippen molar-refractivity contribution in [2.45, 2.75) is 19.9 Å². The first-order valence-electron chi connectivity index (χ1n) is 9.28. The fourth-order valence-corrected chi connectivity index (χ4v) is 3.82. The molecule has 2 heterocycles. The van der Waals surface area contributed by atoms with E-state index in [4.69, 9.17) is 25.5 Å². The predicted octanol–water partition coefficient (Wildman–Crippen LogP) is 4.61. The third-order valence-corrected chi connectivity index (χ3v) is 5.39. The van der Waals surface area contributed by atoms with Gasteiger partial charge in [0.2, 0.25) is 0 Å². The van der Waals surface area contributed by atoms with Gasteiger partial charge in [-0.3, -0.25) is 4.90 Å². The summed E-state index contributed by atoms with van der Waals surface area (Å²) in [6, 6.07) is 11.2. The van der Waals surface area contributed by atoms with Crippen LogP contribution >= 0.6 is 11.6 Å². The SMILES string of the molecule is COCCCN1COc2ccc3c(C)c(-c4ccc(Cl)cc4)c(=O)oc3c2C1. The van der Waals surface area contributed by atoms with Crippen molar-refractivity contribution in [3.63, 3.8) is 0 Å². The first-order valence-corrected chi connectivity index (χ1v) is 9.65. The average molecular weight is 400 g/mol. The molecule has 0 N–H and O–H groups in total. The normalized spacial score (nSPS) is 14.1. The molecule has 0 saturated carbocycles. The molecule has 1 aliphatic rings. The minimum absolute atomic E-state index is 0.350. The number of aryl methyl sites for hydroxylation is 1. The Kier molecular flexibility index (Phi) is 5.40. The Balaban J connectivity index is 1.77. The Labute approximate surface area is 168 Å². The van der Waals surface area contributed by atoms with E-state index in [0.29, 0.717) is 36.1 Å². The summed E-state index contributed by atoms with van der Waals surface area (Å²) in [6.07, 6.45) is 0.920. The zero-order valence-electron chi connectivity index (χ0n) is 16.0. The molecule has 4 rings (SSSR count). The summed E-state index contributed by atoms with van der Waals surface area (Å²) in [6.45, 7) is 4.72. The summed E-state index contributed by atoms with van der Waals surface area (Å²) in [5, 5.41) is 1.55. The van der Waals surface area contributed by atoms with Gasteiger partial charge in [0.05, 0.1) is 11.1 Å². The first-order chi connectivity index (χ1) is 13.6. The van der Waals surface area contributed by atoms with E-state index in [1.54, 1.807) is 19.2 Å². The Bertz CT molecular complexity index is 1060. The second-order valence-corrected chi connectivity index (χ2v) is 7.42. The van der Waals surface area contributed by atoms with Crippen LogP contribution in [0.15, 0.2) is 45.6 Å². The maximum absolute atomic E-state index is 12.8. The molecule has 0 aliphatic carbocycles. The highest BCUT2D eigenvalue weighted by Crippen LogP contribution is 2.35. The van der Waals surface area contributed by atoms with Crippen molar-refractivity contribution in [3.8, 4) is 16.9 Å². The molecule has 3 aromatic rings. The number of benzene rings is 2. The Morgan fingerprint density at radius 1 is 1.18 bits per heavy atom. The minimum Gasteiger partial charge on any atom is -0.478 e. The lowest BCUT2D eigenvalue weighted by atomic mass is 9.97. The summed E-state index contributed by atoms with van der Waals surface area (Å²) in [5.74, 6) is 0.775. The quantitative estimate of drug-likeness (QED) is 0.463. The molecule has 0 bridgehead atoms. The standard InChI is InChI=1S/C22H22ClNO4/c1-14-17-8-9-19-18(12-24(13-27-19)10-3-11-26-2)21(17)28-22(25)20(14)15-4-6-16(23)7-5-15/h4-9H,3,10-13H2,1-2H3. The molecule has 0 radical (unpaired) electrons. The molecule has 0 unspecified atom stereocenters. The fraction of sp³-hybridized carbons (Fsp3) is 0.318. The Morgan fingerprint density at radius 2 is 1.96 bits per heavy atom. The third-order valence-electron chi connectivity index (χ3n) is 5.14. The van der Waals surface area contributed by atoms with E-state index < -0.39 is 0 Å². The number of ether oxygens (including phenoxy) is 2. The number of hydrogen-bond donors (Lipinski definition) is 0. The van der Waals surface area contributed by atoms with E-state index in [1.807, 2.05) is 31.2 Å². The smallest absolute Gasteiger partial charge is 0.344 e. The zero-order valence-corrected chi connectivity index (χ0v) is 16.7. The zero-order chi connectivity index (χ0) is 19.7. The highest BCUT2D eigenvalue weighted by molar-refractivity contribution is 6.30. The number of fused-ring (bicyclic) bond motifs is 3. The van der Waals surface area contributed by atoms with E-state index in [2.05, 4.69) is 4.90 Å². The van der Waals surface area contributed by atoms with Gasteiger partial charge in [-0.1, -0.05) is 23.7 Å². The molecule has 0 saturated heterocycles. The molecule has 0 fully saturated rings. The van der Waals surface area contributed by atoms with Crippen LogP contribution in [0.1, 0.15) is 17.5 Å². The van der Waals surface area contributed by atoms with Gasteiger partial charge in [-0.05, 0) is 48.7 Å². The molecule has 0 spiro atoms. The summed E-state index contributed by atoms with van der Waals surface area (Å²) >= 11 is 5.98. The maximum Gasteiger partial charge on any atom is 0.344 e. The predicted molar refractivity (Wildman–Crippen MR) is 110 cm³/mol. The van der Waals surface area contributed by atoms with Crippen molar-refractivity contribution in [3.05, 3.63) is 63.0 Å². The van der Waals surface area contributed by atoms with Crippen molar-refractivity contribution in [1.29, 1.82) is 0 Å². The van der Waals surface area contributed by atoms with E-state index in [0.717, 1.165) is 40.8 Å². The Morgan fingerprint density at radius 3 is 2.71 bits per heavy atom. The van der Waals surface area contributed by atoms with Crippen LogP contribution in [0.25, 0.3) is 22.1 Å². The summed E-state index contributed by atoms with van der Waals surface area (Å²) < 4.78 is 16.8. The number of methoxy groups -OCH3 is 1. The lowest BCUT2D eigenvalue weighted by molar-refractivity contribution is 0.0837. The van der Waals surface area contributed by atoms with Gasteiger partial charge in [0.1, 0.15) is 18.1 Å². The van der Waals surface area contributed by atoms with Crippen molar-refractivity contribution in [2.24, 2.45) is 0 Å². The van der Waals surface area contributed by atoms with Gasteiger partial charge >= 0.3 is 5.63 Å². The molecule has 0 atom stereocenters. The number of hydrogen-bond acceptors (Lipinski definition) is 5. The average Bonchev–Trinajstić information content (AvgIpc) is 2.69. The molecule has 28 heavy (non-hydrogen) atoms. The van der Waals surface area contributed by atoms with Crippen molar-refractivity contribution in [2.75, 3.05) is 27.0 Å². The van der Waals surface area contributed by atoms with Gasteiger partial charge in [0, 0.05) is 37.2 Å². The lowest BCUT2D eigenvalue weighted by Gasteiger charge is -2.29. The Hall–Kier alpha value is -2.34. The molecular formula is C22H22ClNO4. The number of rotatable bonds is 5. The van der Waals surface area contributed by atoms with Crippen LogP contribution in [-0.2, 0) is 11.3 Å². The van der Waals surface area contributed by atoms with Crippen molar-refractivity contribution < 1.29 is 13.9 Å². The number of halogens is 1. The van der Waals surface area contributed by atoms with Crippen LogP contribution in [-0.4, -0.2) is 31.9 Å². The summed E-state index contributed by atoms with van der Waals surface area (Å²) in [7, 11) is 1.70. The van der Waals surface area contributed by atoms with Gasteiger partial charge in [-0.2, -0.15) is 0 Å². The maximum atomic E-state index is 12.8. The molecule has 5 nitrogen and oxygen atoms in total. The fourth-order valence-electron chi connectivity index (χ4n) is 3.70. The van der Waals surface area contributed by atoms with Crippen LogP contribution in [0.5, 0.6) is 5.75 Å². The highest BCUT2D eigenvalue weighted by atomic mass is 35.5. The van der Waals surface area contributed by atoms with E-state index >= 15 is 0 Å². The summed E-state index contributed by atoms with van der Waals surface area (Å²) in [4.78, 5) is 15.0. The van der Waals surface area contributed by atoms with Gasteiger partial charge in [0.25, 0.3) is 0 Å². The van der Waals surface area contributed by atoms with Gasteiger partial charge in [-0.25, -0.2) is 4.79 Å². The van der Waals surface area contributed by atoms with E-state index in [1.165, 1.54) is 0 Å². The molecule has 1 aromatic heterocycles. The molecule has 1 aliphatic heterocycles. The highest BCUT2D eigenvalue weighted by Gasteiger charge is 2.23. The second kappa shape index (κ2) is 7.95. The van der Waals surface area contributed by atoms with E-state index in [-0.39, 0.29) is 5.63 Å². The van der Waals surface area contributed by atoms with Crippen LogP contribution in [0.3, 0.4) is 0 Å². The summed E-state index contributed by atoms with van der Waals surface area (Å²) in [5.41, 5.74) is 3.44. The molecule has 6 heteroatoms. The van der Waals surface area contributed by atoms with Crippen molar-refractivity contribution in [1.82, 2.24) is 4.90 Å². The van der Waals surface area contributed by atoms with Gasteiger partial charge < -0.3 is 13.9 Å². The van der Waals surface area contributed by atoms with E-state index in [9.17, 15) is 4.79 Å². The first kappa shape index (κ1) is 19.0. The third kappa shape index (κ3) is 3.53. The topological polar surface area (TPSA) is 51.9 Å².